The van der Waals surface area contributed by atoms with Crippen LogP contribution in [0.15, 0.2) is 47.4 Å². The van der Waals surface area contributed by atoms with Gasteiger partial charge in [-0.25, -0.2) is 13.1 Å². The quantitative estimate of drug-likeness (QED) is 0.685. The van der Waals surface area contributed by atoms with E-state index in [9.17, 15) is 18.0 Å². The van der Waals surface area contributed by atoms with E-state index in [4.69, 9.17) is 5.11 Å². The number of carboxylic acid groups (broad SMARTS) is 1. The lowest BCUT2D eigenvalue weighted by molar-refractivity contribution is -0.137. The van der Waals surface area contributed by atoms with Crippen LogP contribution < -0.4 is 9.62 Å². The normalized spacial score (nSPS) is 17.8. The molecule has 0 spiro atoms. The third-order valence-electron chi connectivity index (χ3n) is 6.01. The monoisotopic (exact) mass is 442 g/mol. The molecule has 1 atom stereocenters. The van der Waals surface area contributed by atoms with Crippen molar-refractivity contribution in [2.45, 2.75) is 55.9 Å². The van der Waals surface area contributed by atoms with Gasteiger partial charge in [-0.2, -0.15) is 0 Å². The maximum absolute atomic E-state index is 13.1. The Morgan fingerprint density at radius 3 is 2.68 bits per heavy atom. The summed E-state index contributed by atoms with van der Waals surface area (Å²) < 4.78 is 29.0. The van der Waals surface area contributed by atoms with E-state index in [2.05, 4.69) is 4.72 Å². The minimum absolute atomic E-state index is 0.0421. The summed E-state index contributed by atoms with van der Waals surface area (Å²) in [5, 5.41) is 8.74. The molecular weight excluding hydrogens is 416 g/mol. The zero-order valence-electron chi connectivity index (χ0n) is 17.2. The van der Waals surface area contributed by atoms with Crippen LogP contribution in [-0.2, 0) is 32.5 Å². The molecule has 2 N–H and O–H groups in total. The first-order valence-electron chi connectivity index (χ1n) is 10.6. The Morgan fingerprint density at radius 1 is 1.06 bits per heavy atom. The second-order valence-corrected chi connectivity index (χ2v) is 9.81. The average Bonchev–Trinajstić information content (AvgIpc) is 3.17. The Bertz CT molecular complexity index is 1110. The van der Waals surface area contributed by atoms with E-state index in [-0.39, 0.29) is 29.7 Å². The molecule has 2 aromatic rings. The number of sulfonamides is 1. The average molecular weight is 443 g/mol. The van der Waals surface area contributed by atoms with Crippen LogP contribution >= 0.6 is 0 Å². The van der Waals surface area contributed by atoms with Crippen LogP contribution in [-0.4, -0.2) is 31.9 Å². The van der Waals surface area contributed by atoms with E-state index >= 15 is 0 Å². The molecule has 7 nitrogen and oxygen atoms in total. The molecule has 0 saturated carbocycles. The minimum atomic E-state index is -3.70. The van der Waals surface area contributed by atoms with Gasteiger partial charge in [-0.1, -0.05) is 24.3 Å². The number of carbonyl (C=O) groups is 2. The van der Waals surface area contributed by atoms with Gasteiger partial charge in [0.05, 0.1) is 4.90 Å². The number of nitrogens with one attached hydrogen (secondary N) is 1. The van der Waals surface area contributed by atoms with Crippen LogP contribution in [0.25, 0.3) is 0 Å². The Labute approximate surface area is 182 Å². The number of hydrogen-bond donors (Lipinski definition) is 2. The van der Waals surface area contributed by atoms with E-state index in [0.29, 0.717) is 25.1 Å². The molecule has 164 valence electrons. The summed E-state index contributed by atoms with van der Waals surface area (Å²) >= 11 is 0. The van der Waals surface area contributed by atoms with E-state index in [1.807, 2.05) is 24.3 Å². The largest absolute Gasteiger partial charge is 0.481 e. The first-order chi connectivity index (χ1) is 14.8. The second-order valence-electron chi connectivity index (χ2n) is 8.10. The molecule has 0 saturated heterocycles. The predicted octanol–water partition coefficient (Wildman–Crippen LogP) is 3.19. The Kier molecular flexibility index (Phi) is 6.11. The molecule has 1 aliphatic carbocycles. The van der Waals surface area contributed by atoms with Gasteiger partial charge >= 0.3 is 5.97 Å². The van der Waals surface area contributed by atoms with Crippen molar-refractivity contribution in [1.82, 2.24) is 4.72 Å². The molecule has 31 heavy (non-hydrogen) atoms. The molecule has 1 aliphatic heterocycles. The summed E-state index contributed by atoms with van der Waals surface area (Å²) in [4.78, 5) is 24.9. The second kappa shape index (κ2) is 8.80. The molecule has 2 aromatic carbocycles. The van der Waals surface area contributed by atoms with Gasteiger partial charge in [-0.3, -0.25) is 9.59 Å². The van der Waals surface area contributed by atoms with Crippen molar-refractivity contribution in [3.63, 3.8) is 0 Å². The summed E-state index contributed by atoms with van der Waals surface area (Å²) in [6.45, 7) is 0.480. The summed E-state index contributed by atoms with van der Waals surface area (Å²) in [6.07, 6.45) is 3.65. The van der Waals surface area contributed by atoms with Crippen LogP contribution in [0.4, 0.5) is 5.69 Å². The fourth-order valence-corrected chi connectivity index (χ4v) is 5.76. The van der Waals surface area contributed by atoms with Gasteiger partial charge in [0.1, 0.15) is 0 Å². The molecule has 0 aromatic heterocycles. The molecule has 2 aliphatic rings. The first-order valence-corrected chi connectivity index (χ1v) is 12.1. The Hall–Kier alpha value is -2.71. The number of nitrogens with zero attached hydrogens (tertiary/aromatic N) is 1. The van der Waals surface area contributed by atoms with Crippen LogP contribution in [0.3, 0.4) is 0 Å². The molecule has 1 heterocycles. The molecule has 4 rings (SSSR count). The summed E-state index contributed by atoms with van der Waals surface area (Å²) in [5.41, 5.74) is 3.75. The number of carboxylic acids is 1. The van der Waals surface area contributed by atoms with Crippen LogP contribution in [0.5, 0.6) is 0 Å². The number of rotatable bonds is 7. The smallest absolute Gasteiger partial charge is 0.303 e. The van der Waals surface area contributed by atoms with Crippen molar-refractivity contribution in [3.05, 3.63) is 59.2 Å². The Morgan fingerprint density at radius 2 is 1.87 bits per heavy atom. The van der Waals surface area contributed by atoms with E-state index in [1.54, 1.807) is 23.1 Å². The van der Waals surface area contributed by atoms with Gasteiger partial charge < -0.3 is 10.0 Å². The van der Waals surface area contributed by atoms with Gasteiger partial charge in [0.25, 0.3) is 0 Å². The SMILES string of the molecule is O=C(O)CCCC(=O)N1CCc2cc(S(=O)(=O)NC3CCCc4ccccc43)ccc21. The van der Waals surface area contributed by atoms with Crippen molar-refractivity contribution in [2.24, 2.45) is 0 Å². The van der Waals surface area contributed by atoms with Gasteiger partial charge in [0, 0.05) is 31.1 Å². The number of fused-ring (bicyclic) bond motifs is 2. The molecule has 0 bridgehead atoms. The molecule has 8 heteroatoms. The topological polar surface area (TPSA) is 104 Å². The number of carbonyl (C=O) groups excluding carboxylic acids is 1. The van der Waals surface area contributed by atoms with E-state index < -0.39 is 16.0 Å². The highest BCUT2D eigenvalue weighted by Crippen LogP contribution is 2.33. The number of benzene rings is 2. The third kappa shape index (κ3) is 4.65. The van der Waals surface area contributed by atoms with Gasteiger partial charge in [-0.05, 0) is 67.0 Å². The maximum Gasteiger partial charge on any atom is 0.303 e. The van der Waals surface area contributed by atoms with Gasteiger partial charge in [0.2, 0.25) is 15.9 Å². The number of hydrogen-bond acceptors (Lipinski definition) is 4. The molecular formula is C23H26N2O5S. The zero-order chi connectivity index (χ0) is 22.0. The highest BCUT2D eigenvalue weighted by Gasteiger charge is 2.29. The minimum Gasteiger partial charge on any atom is -0.481 e. The summed E-state index contributed by atoms with van der Waals surface area (Å²) in [6, 6.07) is 12.6. The lowest BCUT2D eigenvalue weighted by Gasteiger charge is -2.26. The standard InChI is InChI=1S/C23H26N2O5S/c26-22(9-4-10-23(27)28)25-14-13-17-15-18(11-12-21(17)25)31(29,30)24-20-8-3-6-16-5-1-2-7-19(16)20/h1-2,5,7,11-12,15,20,24H,3-4,6,8-10,13-14H2,(H,27,28). The third-order valence-corrected chi connectivity index (χ3v) is 7.48. The van der Waals surface area contributed by atoms with Crippen molar-refractivity contribution < 1.29 is 23.1 Å². The maximum atomic E-state index is 13.1. The number of aliphatic carboxylic acids is 1. The fourth-order valence-electron chi connectivity index (χ4n) is 4.46. The fraction of sp³-hybridized carbons (Fsp3) is 0.391. The summed E-state index contributed by atoms with van der Waals surface area (Å²) in [7, 11) is -3.70. The van der Waals surface area contributed by atoms with Gasteiger partial charge in [0.15, 0.2) is 0 Å². The molecule has 0 fully saturated rings. The molecule has 1 amide bonds. The zero-order valence-corrected chi connectivity index (χ0v) is 18.0. The molecule has 0 radical (unpaired) electrons. The molecule has 1 unspecified atom stereocenters. The summed E-state index contributed by atoms with van der Waals surface area (Å²) in [5.74, 6) is -1.05. The highest BCUT2D eigenvalue weighted by atomic mass is 32.2. The number of anilines is 1. The van der Waals surface area contributed by atoms with Crippen molar-refractivity contribution in [1.29, 1.82) is 0 Å². The highest BCUT2D eigenvalue weighted by molar-refractivity contribution is 7.89. The van der Waals surface area contributed by atoms with Crippen LogP contribution in [0.2, 0.25) is 0 Å². The lowest BCUT2D eigenvalue weighted by atomic mass is 9.88. The predicted molar refractivity (Wildman–Crippen MR) is 116 cm³/mol. The lowest BCUT2D eigenvalue weighted by Crippen LogP contribution is -2.31. The van der Waals surface area contributed by atoms with Crippen molar-refractivity contribution in [2.75, 3.05) is 11.4 Å². The van der Waals surface area contributed by atoms with Crippen LogP contribution in [0, 0.1) is 0 Å². The van der Waals surface area contributed by atoms with E-state index in [1.165, 1.54) is 5.56 Å². The number of aryl methyl sites for hydroxylation is 1. The first kappa shape index (κ1) is 21.5. The van der Waals surface area contributed by atoms with Crippen LogP contribution in [0.1, 0.15) is 54.8 Å². The van der Waals surface area contributed by atoms with Crippen molar-refractivity contribution >= 4 is 27.6 Å². The van der Waals surface area contributed by atoms with Gasteiger partial charge in [-0.15, -0.1) is 0 Å². The number of amides is 1. The van der Waals surface area contributed by atoms with Crippen molar-refractivity contribution in [3.8, 4) is 0 Å². The van der Waals surface area contributed by atoms with E-state index in [0.717, 1.165) is 30.4 Å². The Balaban J connectivity index is 1.49.